The molecule has 2 N–H and O–H groups in total. The van der Waals surface area contributed by atoms with Gasteiger partial charge in [-0.05, 0) is 42.8 Å². The molecule has 2 aromatic carbocycles. The number of carbonyl (C=O) groups is 2. The Morgan fingerprint density at radius 2 is 1.95 bits per heavy atom. The molecule has 204 valence electrons. The van der Waals surface area contributed by atoms with Gasteiger partial charge in [-0.15, -0.1) is 0 Å². The average molecular weight is 544 g/mol. The Balaban J connectivity index is 1.46. The van der Waals surface area contributed by atoms with Crippen LogP contribution in [0.5, 0.6) is 5.75 Å². The number of nitrogens with zero attached hydrogens (tertiary/aromatic N) is 3. The van der Waals surface area contributed by atoms with Crippen LogP contribution >= 0.6 is 0 Å². The maximum Gasteiger partial charge on any atom is 0.432 e. The number of amides is 2. The highest BCUT2D eigenvalue weighted by molar-refractivity contribution is 6.05. The Morgan fingerprint density at radius 3 is 2.64 bits per heavy atom. The van der Waals surface area contributed by atoms with Crippen molar-refractivity contribution in [2.24, 2.45) is 0 Å². The zero-order valence-electron chi connectivity index (χ0n) is 20.7. The number of halogens is 4. The van der Waals surface area contributed by atoms with Gasteiger partial charge in [0.05, 0.1) is 18.5 Å². The highest BCUT2D eigenvalue weighted by Gasteiger charge is 2.33. The van der Waals surface area contributed by atoms with E-state index in [-0.39, 0.29) is 11.5 Å². The molecule has 1 saturated heterocycles. The van der Waals surface area contributed by atoms with Crippen LogP contribution in [0.25, 0.3) is 11.4 Å². The fourth-order valence-electron chi connectivity index (χ4n) is 3.92. The molecule has 0 saturated carbocycles. The second-order valence-corrected chi connectivity index (χ2v) is 8.75. The largest absolute Gasteiger partial charge is 0.491 e. The van der Waals surface area contributed by atoms with Crippen LogP contribution in [0.4, 0.5) is 23.2 Å². The summed E-state index contributed by atoms with van der Waals surface area (Å²) in [6.07, 6.45) is -2.38. The van der Waals surface area contributed by atoms with Crippen molar-refractivity contribution in [1.29, 1.82) is 0 Å². The third-order valence-electron chi connectivity index (χ3n) is 5.96. The predicted molar refractivity (Wildman–Crippen MR) is 135 cm³/mol. The zero-order valence-corrected chi connectivity index (χ0v) is 20.7. The molecule has 0 unspecified atom stereocenters. The van der Waals surface area contributed by atoms with Crippen LogP contribution in [0.1, 0.15) is 17.7 Å². The summed E-state index contributed by atoms with van der Waals surface area (Å²) in [5, 5.41) is 2.60. The summed E-state index contributed by atoms with van der Waals surface area (Å²) in [7, 11) is 0. The van der Waals surface area contributed by atoms with Gasteiger partial charge < -0.3 is 19.9 Å². The first-order chi connectivity index (χ1) is 18.7. The molecule has 0 aliphatic carbocycles. The van der Waals surface area contributed by atoms with Gasteiger partial charge in [-0.2, -0.15) is 13.2 Å². The molecule has 1 aromatic heterocycles. The number of anilines is 1. The smallest absolute Gasteiger partial charge is 0.432 e. The number of H-pyrrole nitrogens is 1. The lowest BCUT2D eigenvalue weighted by molar-refractivity contribution is -0.140. The number of piperazine rings is 1. The number of nitrogens with one attached hydrogen (secondary N) is 2. The van der Waals surface area contributed by atoms with Gasteiger partial charge in [-0.1, -0.05) is 12.0 Å². The molecule has 3 aromatic rings. The number of benzene rings is 2. The Bertz CT molecular complexity index is 1370. The number of ether oxygens (including phenoxy) is 1. The summed E-state index contributed by atoms with van der Waals surface area (Å²) in [6.45, 7) is 3.93. The van der Waals surface area contributed by atoms with E-state index in [4.69, 9.17) is 4.74 Å². The van der Waals surface area contributed by atoms with E-state index < -0.39 is 23.6 Å². The molecule has 1 fully saturated rings. The van der Waals surface area contributed by atoms with Crippen LogP contribution in [0.2, 0.25) is 0 Å². The number of aromatic nitrogens is 2. The molecule has 8 nitrogen and oxygen atoms in total. The van der Waals surface area contributed by atoms with E-state index in [1.54, 1.807) is 11.0 Å². The SMILES string of the molecule is O=CN1CCN(CCCOc2ccc(-c3ncc(C(F)(F)F)[nH]3)cc2NC(=O)C#Cc2cccc(F)c2)CC1. The first-order valence-corrected chi connectivity index (χ1v) is 12.1. The van der Waals surface area contributed by atoms with Crippen molar-refractivity contribution in [2.45, 2.75) is 12.6 Å². The lowest BCUT2D eigenvalue weighted by Gasteiger charge is -2.32. The van der Waals surface area contributed by atoms with E-state index in [0.717, 1.165) is 26.0 Å². The summed E-state index contributed by atoms with van der Waals surface area (Å²) >= 11 is 0. The second-order valence-electron chi connectivity index (χ2n) is 8.75. The molecule has 1 aliphatic heterocycles. The van der Waals surface area contributed by atoms with Gasteiger partial charge in [0, 0.05) is 49.8 Å². The number of alkyl halides is 3. The Kier molecular flexibility index (Phi) is 8.83. The minimum Gasteiger partial charge on any atom is -0.491 e. The first kappa shape index (κ1) is 27.7. The molecule has 0 radical (unpaired) electrons. The third kappa shape index (κ3) is 7.81. The lowest BCUT2D eigenvalue weighted by Crippen LogP contribution is -2.46. The van der Waals surface area contributed by atoms with Crippen LogP contribution in [0.3, 0.4) is 0 Å². The van der Waals surface area contributed by atoms with Gasteiger partial charge in [0.2, 0.25) is 6.41 Å². The molecule has 0 bridgehead atoms. The van der Waals surface area contributed by atoms with Crippen molar-refractivity contribution in [3.05, 3.63) is 65.7 Å². The maximum absolute atomic E-state index is 13.4. The summed E-state index contributed by atoms with van der Waals surface area (Å²) in [6, 6.07) is 9.95. The number of carbonyl (C=O) groups excluding carboxylic acids is 2. The van der Waals surface area contributed by atoms with E-state index in [9.17, 15) is 27.2 Å². The van der Waals surface area contributed by atoms with Crippen LogP contribution < -0.4 is 10.1 Å². The second kappa shape index (κ2) is 12.4. The minimum atomic E-state index is -4.59. The molecule has 12 heteroatoms. The molecular formula is C27H25F4N5O3. The van der Waals surface area contributed by atoms with Crippen molar-refractivity contribution >= 4 is 18.0 Å². The van der Waals surface area contributed by atoms with Crippen LogP contribution in [-0.4, -0.2) is 71.4 Å². The highest BCUT2D eigenvalue weighted by atomic mass is 19.4. The monoisotopic (exact) mass is 543 g/mol. The van der Waals surface area contributed by atoms with Gasteiger partial charge in [0.1, 0.15) is 23.1 Å². The summed E-state index contributed by atoms with van der Waals surface area (Å²) in [5.41, 5.74) is -0.215. The van der Waals surface area contributed by atoms with E-state index in [1.807, 2.05) is 0 Å². The molecule has 39 heavy (non-hydrogen) atoms. The molecule has 2 amide bonds. The van der Waals surface area contributed by atoms with E-state index in [0.29, 0.717) is 49.2 Å². The quantitative estimate of drug-likeness (QED) is 0.196. The average Bonchev–Trinajstić information content (AvgIpc) is 3.42. The summed E-state index contributed by atoms with van der Waals surface area (Å²) in [5.74, 6) is 4.00. The van der Waals surface area contributed by atoms with Gasteiger partial charge in [-0.25, -0.2) is 9.37 Å². The van der Waals surface area contributed by atoms with Gasteiger partial charge in [0.15, 0.2) is 0 Å². The standard InChI is InChI=1S/C27H25F4N5O3/c28-21-4-1-3-19(15-21)5-8-25(38)33-22-16-20(26-32-17-24(34-26)27(29,30)31)6-7-23(22)39-14-2-9-35-10-12-36(18-37)13-11-35/h1,3-4,6-7,15-18H,2,9-14H2,(H,32,34)(H,33,38). The number of hydrogen-bond acceptors (Lipinski definition) is 5. The van der Waals surface area contributed by atoms with Gasteiger partial charge in [0.25, 0.3) is 0 Å². The van der Waals surface area contributed by atoms with Crippen LogP contribution in [0.15, 0.2) is 48.7 Å². The van der Waals surface area contributed by atoms with Crippen molar-refractivity contribution in [2.75, 3.05) is 44.6 Å². The van der Waals surface area contributed by atoms with Crippen molar-refractivity contribution in [3.8, 4) is 29.0 Å². The van der Waals surface area contributed by atoms with Crippen LogP contribution in [-0.2, 0) is 15.8 Å². The molecule has 1 aliphatic rings. The maximum atomic E-state index is 13.4. The molecule has 2 heterocycles. The van der Waals surface area contributed by atoms with E-state index >= 15 is 0 Å². The number of aromatic amines is 1. The van der Waals surface area contributed by atoms with Crippen molar-refractivity contribution < 1.29 is 31.9 Å². The normalized spacial score (nSPS) is 13.9. The Morgan fingerprint density at radius 1 is 1.15 bits per heavy atom. The fraction of sp³-hybridized carbons (Fsp3) is 0.296. The number of imidazole rings is 1. The topological polar surface area (TPSA) is 90.6 Å². The zero-order chi connectivity index (χ0) is 27.8. The predicted octanol–water partition coefficient (Wildman–Crippen LogP) is 3.77. The molecule has 0 spiro atoms. The van der Waals surface area contributed by atoms with E-state index in [2.05, 4.69) is 32.0 Å². The van der Waals surface area contributed by atoms with Gasteiger partial charge >= 0.3 is 12.1 Å². The third-order valence-corrected chi connectivity index (χ3v) is 5.96. The molecule has 0 atom stereocenters. The van der Waals surface area contributed by atoms with Crippen molar-refractivity contribution in [1.82, 2.24) is 19.8 Å². The molecular weight excluding hydrogens is 518 g/mol. The summed E-state index contributed by atoms with van der Waals surface area (Å²) < 4.78 is 58.3. The van der Waals surface area contributed by atoms with Crippen molar-refractivity contribution in [3.63, 3.8) is 0 Å². The summed E-state index contributed by atoms with van der Waals surface area (Å²) in [4.78, 5) is 33.4. The first-order valence-electron chi connectivity index (χ1n) is 12.1. The highest BCUT2D eigenvalue weighted by Crippen LogP contribution is 2.33. The Hall–Kier alpha value is -4.37. The fourth-order valence-corrected chi connectivity index (χ4v) is 3.92. The Labute approximate surface area is 222 Å². The molecule has 4 rings (SSSR count). The lowest BCUT2D eigenvalue weighted by atomic mass is 10.1. The number of rotatable bonds is 8. The van der Waals surface area contributed by atoms with E-state index in [1.165, 1.54) is 36.4 Å². The van der Waals surface area contributed by atoms with Gasteiger partial charge in [-0.3, -0.25) is 14.5 Å². The van der Waals surface area contributed by atoms with Crippen LogP contribution in [0, 0.1) is 17.7 Å². The number of hydrogen-bond donors (Lipinski definition) is 2. The minimum absolute atomic E-state index is 0.0373.